The van der Waals surface area contributed by atoms with Gasteiger partial charge in [0.1, 0.15) is 5.82 Å². The summed E-state index contributed by atoms with van der Waals surface area (Å²) in [4.78, 5) is 4.42. The van der Waals surface area contributed by atoms with Crippen LogP contribution in [-0.4, -0.2) is 11.5 Å². The zero-order valence-electron chi connectivity index (χ0n) is 10.3. The average molecular weight is 239 g/mol. The molecule has 2 rings (SSSR count). The van der Waals surface area contributed by atoms with Crippen LogP contribution in [0, 0.1) is 0 Å². The van der Waals surface area contributed by atoms with Crippen LogP contribution in [0.1, 0.15) is 5.56 Å². The van der Waals surface area contributed by atoms with Crippen molar-refractivity contribution in [1.82, 2.24) is 4.98 Å². The quantitative estimate of drug-likeness (QED) is 0.789. The van der Waals surface area contributed by atoms with Crippen LogP contribution in [0.5, 0.6) is 0 Å². The summed E-state index contributed by atoms with van der Waals surface area (Å²) in [6.07, 6.45) is 3.66. The fourth-order valence-corrected chi connectivity index (χ4v) is 1.78. The van der Waals surface area contributed by atoms with Crippen LogP contribution in [0.3, 0.4) is 0 Å². The van der Waals surface area contributed by atoms with Crippen LogP contribution in [0.4, 0.5) is 5.82 Å². The molecular weight excluding hydrogens is 222 g/mol. The Morgan fingerprint density at radius 1 is 1.22 bits per heavy atom. The molecule has 92 valence electrons. The summed E-state index contributed by atoms with van der Waals surface area (Å²) < 4.78 is 0. The molecule has 3 heteroatoms. The van der Waals surface area contributed by atoms with Gasteiger partial charge in [-0.05, 0) is 11.6 Å². The van der Waals surface area contributed by atoms with Crippen molar-refractivity contribution in [2.75, 3.05) is 11.9 Å². The molecule has 0 atom stereocenters. The van der Waals surface area contributed by atoms with E-state index < -0.39 is 0 Å². The number of nitrogens with one attached hydrogen (secondary N) is 1. The highest BCUT2D eigenvalue weighted by atomic mass is 15.0. The van der Waals surface area contributed by atoms with E-state index in [0.717, 1.165) is 22.5 Å². The Morgan fingerprint density at radius 3 is 2.67 bits per heavy atom. The molecular formula is C15H17N3. The molecule has 2 aromatic rings. The van der Waals surface area contributed by atoms with Gasteiger partial charge in [-0.15, -0.1) is 6.58 Å². The van der Waals surface area contributed by atoms with Gasteiger partial charge in [-0.3, -0.25) is 0 Å². The first-order valence-electron chi connectivity index (χ1n) is 5.94. The van der Waals surface area contributed by atoms with Gasteiger partial charge >= 0.3 is 0 Å². The number of rotatable bonds is 5. The van der Waals surface area contributed by atoms with Crippen molar-refractivity contribution in [3.8, 4) is 11.1 Å². The third kappa shape index (κ3) is 2.76. The Morgan fingerprint density at radius 2 is 2.00 bits per heavy atom. The van der Waals surface area contributed by atoms with Crippen molar-refractivity contribution in [1.29, 1.82) is 0 Å². The zero-order chi connectivity index (χ0) is 12.8. The summed E-state index contributed by atoms with van der Waals surface area (Å²) in [5.41, 5.74) is 9.01. The third-order valence-corrected chi connectivity index (χ3v) is 2.71. The summed E-state index contributed by atoms with van der Waals surface area (Å²) in [6.45, 7) is 4.83. The van der Waals surface area contributed by atoms with Gasteiger partial charge in [0, 0.05) is 30.4 Å². The molecule has 0 aliphatic rings. The maximum absolute atomic E-state index is 5.76. The van der Waals surface area contributed by atoms with Crippen LogP contribution in [0.2, 0.25) is 0 Å². The monoisotopic (exact) mass is 239 g/mol. The smallest absolute Gasteiger partial charge is 0.130 e. The average Bonchev–Trinajstić information content (AvgIpc) is 2.46. The van der Waals surface area contributed by atoms with Gasteiger partial charge in [0.25, 0.3) is 0 Å². The highest BCUT2D eigenvalue weighted by Gasteiger charge is 2.04. The summed E-state index contributed by atoms with van der Waals surface area (Å²) in [7, 11) is 0. The highest BCUT2D eigenvalue weighted by Crippen LogP contribution is 2.22. The molecule has 0 amide bonds. The number of pyridine rings is 1. The second-order valence-corrected chi connectivity index (χ2v) is 3.97. The molecule has 0 bridgehead atoms. The van der Waals surface area contributed by atoms with Gasteiger partial charge in [0.2, 0.25) is 0 Å². The normalized spacial score (nSPS) is 10.1. The number of hydrogen-bond acceptors (Lipinski definition) is 3. The minimum Gasteiger partial charge on any atom is -0.366 e. The second kappa shape index (κ2) is 5.98. The molecule has 0 unspecified atom stereocenters. The minimum atomic E-state index is 0.465. The van der Waals surface area contributed by atoms with Gasteiger partial charge in [-0.25, -0.2) is 4.98 Å². The van der Waals surface area contributed by atoms with E-state index in [0.29, 0.717) is 13.1 Å². The molecule has 1 aromatic carbocycles. The SMILES string of the molecule is C=CCNc1ncc(-c2ccccc2)cc1CN. The number of benzene rings is 1. The molecule has 3 nitrogen and oxygen atoms in total. The molecule has 0 saturated carbocycles. The first-order valence-corrected chi connectivity index (χ1v) is 5.94. The topological polar surface area (TPSA) is 50.9 Å². The summed E-state index contributed by atoms with van der Waals surface area (Å²) >= 11 is 0. The molecule has 0 saturated heterocycles. The van der Waals surface area contributed by atoms with E-state index in [1.165, 1.54) is 0 Å². The van der Waals surface area contributed by atoms with E-state index >= 15 is 0 Å². The number of aromatic nitrogens is 1. The van der Waals surface area contributed by atoms with E-state index in [9.17, 15) is 0 Å². The Hall–Kier alpha value is -2.13. The van der Waals surface area contributed by atoms with Gasteiger partial charge < -0.3 is 11.1 Å². The second-order valence-electron chi connectivity index (χ2n) is 3.97. The first kappa shape index (κ1) is 12.3. The van der Waals surface area contributed by atoms with E-state index in [-0.39, 0.29) is 0 Å². The Bertz CT molecular complexity index is 521. The maximum Gasteiger partial charge on any atom is 0.130 e. The maximum atomic E-state index is 5.76. The molecule has 0 radical (unpaired) electrons. The highest BCUT2D eigenvalue weighted by molar-refractivity contribution is 5.65. The fourth-order valence-electron chi connectivity index (χ4n) is 1.78. The molecule has 3 N–H and O–H groups in total. The van der Waals surface area contributed by atoms with Crippen molar-refractivity contribution in [3.05, 3.63) is 60.8 Å². The number of anilines is 1. The fraction of sp³-hybridized carbons (Fsp3) is 0.133. The molecule has 0 aliphatic carbocycles. The van der Waals surface area contributed by atoms with Crippen LogP contribution in [0.25, 0.3) is 11.1 Å². The van der Waals surface area contributed by atoms with Crippen LogP contribution in [0.15, 0.2) is 55.3 Å². The molecule has 0 aliphatic heterocycles. The lowest BCUT2D eigenvalue weighted by molar-refractivity contribution is 1.04. The van der Waals surface area contributed by atoms with Crippen LogP contribution in [-0.2, 0) is 6.54 Å². The number of nitrogens with zero attached hydrogens (tertiary/aromatic N) is 1. The molecule has 0 fully saturated rings. The van der Waals surface area contributed by atoms with Gasteiger partial charge in [0.05, 0.1) is 0 Å². The largest absolute Gasteiger partial charge is 0.366 e. The van der Waals surface area contributed by atoms with Crippen molar-refractivity contribution in [2.24, 2.45) is 5.73 Å². The standard InChI is InChI=1S/C15H17N3/c1-2-8-17-15-13(10-16)9-14(11-18-15)12-6-4-3-5-7-12/h2-7,9,11H,1,8,10,16H2,(H,17,18). The van der Waals surface area contributed by atoms with Crippen molar-refractivity contribution >= 4 is 5.82 Å². The predicted molar refractivity (Wildman–Crippen MR) is 76.3 cm³/mol. The van der Waals surface area contributed by atoms with E-state index in [4.69, 9.17) is 5.73 Å². The van der Waals surface area contributed by atoms with Crippen LogP contribution < -0.4 is 11.1 Å². The number of nitrogens with two attached hydrogens (primary N) is 1. The lowest BCUT2D eigenvalue weighted by atomic mass is 10.1. The lowest BCUT2D eigenvalue weighted by Gasteiger charge is -2.10. The molecule has 1 aromatic heterocycles. The summed E-state index contributed by atoms with van der Waals surface area (Å²) in [6, 6.07) is 12.2. The van der Waals surface area contributed by atoms with Gasteiger partial charge in [-0.2, -0.15) is 0 Å². The molecule has 0 spiro atoms. The Balaban J connectivity index is 2.32. The van der Waals surface area contributed by atoms with Crippen LogP contribution >= 0.6 is 0 Å². The lowest BCUT2D eigenvalue weighted by Crippen LogP contribution is -2.07. The zero-order valence-corrected chi connectivity index (χ0v) is 10.3. The predicted octanol–water partition coefficient (Wildman–Crippen LogP) is 2.81. The van der Waals surface area contributed by atoms with Crippen molar-refractivity contribution in [2.45, 2.75) is 6.54 Å². The summed E-state index contributed by atoms with van der Waals surface area (Å²) in [5, 5.41) is 3.18. The van der Waals surface area contributed by atoms with E-state index in [2.05, 4.69) is 35.1 Å². The van der Waals surface area contributed by atoms with Gasteiger partial charge in [0.15, 0.2) is 0 Å². The number of hydrogen-bond donors (Lipinski definition) is 2. The van der Waals surface area contributed by atoms with E-state index in [1.807, 2.05) is 24.4 Å². The first-order chi connectivity index (χ1) is 8.85. The Kier molecular flexibility index (Phi) is 4.10. The van der Waals surface area contributed by atoms with Crippen molar-refractivity contribution < 1.29 is 0 Å². The molecule has 1 heterocycles. The Labute approximate surface area is 107 Å². The van der Waals surface area contributed by atoms with Crippen molar-refractivity contribution in [3.63, 3.8) is 0 Å². The summed E-state index contributed by atoms with van der Waals surface area (Å²) in [5.74, 6) is 0.831. The molecule has 18 heavy (non-hydrogen) atoms. The third-order valence-electron chi connectivity index (χ3n) is 2.71. The van der Waals surface area contributed by atoms with E-state index in [1.54, 1.807) is 6.08 Å². The van der Waals surface area contributed by atoms with Gasteiger partial charge in [-0.1, -0.05) is 36.4 Å². The minimum absolute atomic E-state index is 0.465.